The van der Waals surface area contributed by atoms with E-state index in [2.05, 4.69) is 38.3 Å². The summed E-state index contributed by atoms with van der Waals surface area (Å²) in [5.74, 6) is 1.46. The summed E-state index contributed by atoms with van der Waals surface area (Å²) in [4.78, 5) is 0. The largest absolute Gasteiger partial charge is 0.665 e. The third kappa shape index (κ3) is 37.0. The minimum absolute atomic E-state index is 0. The van der Waals surface area contributed by atoms with Gasteiger partial charge >= 0.3 is 0 Å². The second kappa shape index (κ2) is 20.4. The van der Waals surface area contributed by atoms with Gasteiger partial charge in [-0.3, -0.25) is 0 Å². The standard InChI is InChI=1S/2C5H12N.HI.Nd/c2*1-5(2)4-6-3;;/h2*5H,4H2,1-3H3;1H;/q2*-1;;. The van der Waals surface area contributed by atoms with Crippen LogP contribution in [0, 0.1) is 52.7 Å². The molecular formula is C10H25IN2Nd-2. The van der Waals surface area contributed by atoms with E-state index in [9.17, 15) is 0 Å². The van der Waals surface area contributed by atoms with Gasteiger partial charge in [-0.15, -0.1) is 37.1 Å². The average Bonchev–Trinajstić information content (AvgIpc) is 1.87. The summed E-state index contributed by atoms with van der Waals surface area (Å²) < 4.78 is 0. The molecule has 4 heteroatoms. The van der Waals surface area contributed by atoms with Crippen LogP contribution in [-0.2, 0) is 0 Å². The molecule has 0 aliphatic carbocycles. The molecule has 0 atom stereocenters. The van der Waals surface area contributed by atoms with Crippen LogP contribution in [0.15, 0.2) is 0 Å². The van der Waals surface area contributed by atoms with Crippen molar-refractivity contribution in [2.24, 2.45) is 11.8 Å². The quantitative estimate of drug-likeness (QED) is 0.589. The second-order valence-electron chi connectivity index (χ2n) is 3.79. The molecule has 0 aromatic rings. The molecule has 0 bridgehead atoms. The van der Waals surface area contributed by atoms with Gasteiger partial charge in [0.15, 0.2) is 0 Å². The van der Waals surface area contributed by atoms with E-state index in [-0.39, 0.29) is 64.8 Å². The van der Waals surface area contributed by atoms with Crippen molar-refractivity contribution in [3.8, 4) is 0 Å². The molecule has 0 radical (unpaired) electrons. The van der Waals surface area contributed by atoms with Crippen molar-refractivity contribution in [1.29, 1.82) is 0 Å². The SMILES string of the molecule is C[N-]CC(C)C.C[N-]CC(C)C.I.[Nd]. The van der Waals surface area contributed by atoms with Crippen LogP contribution in [0.2, 0.25) is 0 Å². The van der Waals surface area contributed by atoms with E-state index in [4.69, 9.17) is 0 Å². The molecule has 0 N–H and O–H groups in total. The van der Waals surface area contributed by atoms with Crippen LogP contribution in [-0.4, -0.2) is 27.2 Å². The molecule has 14 heavy (non-hydrogen) atoms. The van der Waals surface area contributed by atoms with Crippen LogP contribution in [0.1, 0.15) is 27.7 Å². The summed E-state index contributed by atoms with van der Waals surface area (Å²) in [5.41, 5.74) is 0. The zero-order valence-corrected chi connectivity index (χ0v) is 15.9. The van der Waals surface area contributed by atoms with Crippen LogP contribution >= 0.6 is 24.0 Å². The smallest absolute Gasteiger partial charge is 0 e. The molecule has 0 aromatic carbocycles. The Morgan fingerprint density at radius 2 is 1.00 bits per heavy atom. The first-order valence-corrected chi connectivity index (χ1v) is 4.65. The summed E-state index contributed by atoms with van der Waals surface area (Å²) in [7, 11) is 3.69. The molecule has 0 aliphatic heterocycles. The fourth-order valence-corrected chi connectivity index (χ4v) is 0.730. The maximum absolute atomic E-state index is 3.94. The monoisotopic (exact) mass is 442 g/mol. The topological polar surface area (TPSA) is 28.2 Å². The molecule has 0 aliphatic rings. The van der Waals surface area contributed by atoms with Gasteiger partial charge in [0.2, 0.25) is 0 Å². The van der Waals surface area contributed by atoms with E-state index < -0.39 is 0 Å². The molecule has 0 fully saturated rings. The van der Waals surface area contributed by atoms with Crippen molar-refractivity contribution >= 4 is 24.0 Å². The normalized spacial score (nSPS) is 8.57. The molecule has 2 nitrogen and oxygen atoms in total. The minimum atomic E-state index is 0. The summed E-state index contributed by atoms with van der Waals surface area (Å²) in [6, 6.07) is 0. The van der Waals surface area contributed by atoms with Crippen LogP contribution in [0.3, 0.4) is 0 Å². The van der Waals surface area contributed by atoms with Crippen LogP contribution < -0.4 is 0 Å². The third-order valence-electron chi connectivity index (χ3n) is 1.10. The van der Waals surface area contributed by atoms with E-state index in [1.54, 1.807) is 0 Å². The first kappa shape index (κ1) is 25.0. The molecule has 0 spiro atoms. The van der Waals surface area contributed by atoms with Crippen molar-refractivity contribution < 1.29 is 40.8 Å². The molecule has 0 unspecified atom stereocenters. The van der Waals surface area contributed by atoms with Crippen molar-refractivity contribution in [2.45, 2.75) is 27.7 Å². The first-order valence-electron chi connectivity index (χ1n) is 4.65. The van der Waals surface area contributed by atoms with E-state index in [0.29, 0.717) is 0 Å². The van der Waals surface area contributed by atoms with Gasteiger partial charge in [-0.2, -0.15) is 14.1 Å². The summed E-state index contributed by atoms with van der Waals surface area (Å²) >= 11 is 0. The molecular weight excluding hydrogens is 419 g/mol. The predicted molar refractivity (Wildman–Crippen MR) is 73.4 cm³/mol. The molecule has 0 amide bonds. The Hall–Kier alpha value is 2.00. The zero-order chi connectivity index (χ0) is 9.98. The molecule has 0 heterocycles. The molecule has 0 saturated heterocycles. The van der Waals surface area contributed by atoms with Gasteiger partial charge in [0.1, 0.15) is 0 Å². The van der Waals surface area contributed by atoms with Crippen molar-refractivity contribution in [3.05, 3.63) is 10.6 Å². The molecule has 0 rings (SSSR count). The Balaban J connectivity index is -0.0000000625. The fourth-order valence-electron chi connectivity index (χ4n) is 0.730. The van der Waals surface area contributed by atoms with Gasteiger partial charge in [-0.1, -0.05) is 39.5 Å². The molecule has 88 valence electrons. The average molecular weight is 444 g/mol. The van der Waals surface area contributed by atoms with E-state index in [1.807, 2.05) is 14.1 Å². The third-order valence-corrected chi connectivity index (χ3v) is 1.10. The van der Waals surface area contributed by atoms with Gasteiger partial charge in [-0.05, 0) is 0 Å². The Labute approximate surface area is 140 Å². The van der Waals surface area contributed by atoms with Gasteiger partial charge in [-0.25, -0.2) is 0 Å². The maximum atomic E-state index is 3.94. The maximum Gasteiger partial charge on any atom is 0 e. The van der Waals surface area contributed by atoms with Gasteiger partial charge in [0.05, 0.1) is 0 Å². The number of halogens is 1. The van der Waals surface area contributed by atoms with Gasteiger partial charge in [0, 0.05) is 40.8 Å². The van der Waals surface area contributed by atoms with E-state index in [1.165, 1.54) is 0 Å². The van der Waals surface area contributed by atoms with E-state index in [0.717, 1.165) is 24.9 Å². The summed E-state index contributed by atoms with van der Waals surface area (Å²) in [6.07, 6.45) is 0. The Bertz CT molecular complexity index is 70.5. The number of hydrogen-bond acceptors (Lipinski definition) is 0. The molecule has 0 aromatic heterocycles. The number of hydrogen-bond donors (Lipinski definition) is 0. The first-order chi connectivity index (χ1) is 5.54. The Morgan fingerprint density at radius 1 is 0.786 bits per heavy atom. The minimum Gasteiger partial charge on any atom is -0.665 e. The summed E-state index contributed by atoms with van der Waals surface area (Å²) in [5, 5.41) is 7.87. The number of nitrogens with zero attached hydrogens (tertiary/aromatic N) is 2. The van der Waals surface area contributed by atoms with Crippen molar-refractivity contribution in [2.75, 3.05) is 27.2 Å². The van der Waals surface area contributed by atoms with Crippen LogP contribution in [0.4, 0.5) is 0 Å². The number of rotatable bonds is 4. The Kier molecular flexibility index (Phi) is 36.5. The van der Waals surface area contributed by atoms with E-state index >= 15 is 0 Å². The fraction of sp³-hybridized carbons (Fsp3) is 1.00. The molecule has 0 saturated carbocycles. The van der Waals surface area contributed by atoms with Gasteiger partial charge in [0.25, 0.3) is 0 Å². The van der Waals surface area contributed by atoms with Crippen LogP contribution in [0.5, 0.6) is 0 Å². The van der Waals surface area contributed by atoms with Gasteiger partial charge < -0.3 is 10.6 Å². The predicted octanol–water partition coefficient (Wildman–Crippen LogP) is 3.91. The van der Waals surface area contributed by atoms with Crippen molar-refractivity contribution in [1.82, 2.24) is 0 Å². The van der Waals surface area contributed by atoms with Crippen LogP contribution in [0.25, 0.3) is 10.6 Å². The summed E-state index contributed by atoms with van der Waals surface area (Å²) in [6.45, 7) is 10.6. The second-order valence-corrected chi connectivity index (χ2v) is 3.79. The zero-order valence-electron chi connectivity index (χ0n) is 10.4. The van der Waals surface area contributed by atoms with Crippen molar-refractivity contribution in [3.63, 3.8) is 0 Å². The Morgan fingerprint density at radius 3 is 1.00 bits per heavy atom.